The number of benzene rings is 1. The Labute approximate surface area is 114 Å². The molecule has 0 amide bonds. The molecule has 19 heavy (non-hydrogen) atoms. The van der Waals surface area contributed by atoms with Gasteiger partial charge in [-0.15, -0.1) is 0 Å². The fraction of sp³-hybridized carbons (Fsp3) is 0.231. The Morgan fingerprint density at radius 2 is 1.84 bits per heavy atom. The molecule has 0 aliphatic heterocycles. The maximum Gasteiger partial charge on any atom is 0.339 e. The summed E-state index contributed by atoms with van der Waals surface area (Å²) in [6, 6.07) is 3.36. The van der Waals surface area contributed by atoms with Crippen molar-refractivity contribution in [1.82, 2.24) is 4.98 Å². The second-order valence-electron chi connectivity index (χ2n) is 3.93. The Kier molecular flexibility index (Phi) is 3.48. The number of carboxylic acids is 1. The van der Waals surface area contributed by atoms with Crippen LogP contribution < -0.4 is 9.47 Å². The normalized spacial score (nSPS) is 10.5. The van der Waals surface area contributed by atoms with Gasteiger partial charge in [-0.25, -0.2) is 9.78 Å². The molecule has 0 unspecified atom stereocenters. The van der Waals surface area contributed by atoms with E-state index in [-0.39, 0.29) is 10.7 Å². The second-order valence-corrected chi connectivity index (χ2v) is 4.29. The number of carbonyl (C=O) groups is 1. The van der Waals surface area contributed by atoms with Gasteiger partial charge in [-0.05, 0) is 18.6 Å². The quantitative estimate of drug-likeness (QED) is 0.876. The van der Waals surface area contributed by atoms with Crippen LogP contribution in [0.15, 0.2) is 12.1 Å². The molecule has 0 fully saturated rings. The highest BCUT2D eigenvalue weighted by molar-refractivity contribution is 6.33. The fourth-order valence-corrected chi connectivity index (χ4v) is 2.27. The van der Waals surface area contributed by atoms with Crippen molar-refractivity contribution in [3.05, 3.63) is 28.4 Å². The van der Waals surface area contributed by atoms with Gasteiger partial charge < -0.3 is 14.6 Å². The zero-order valence-electron chi connectivity index (χ0n) is 10.7. The number of aromatic carboxylic acids is 1. The first kappa shape index (κ1) is 13.4. The van der Waals surface area contributed by atoms with Gasteiger partial charge in [0.25, 0.3) is 0 Å². The number of pyridine rings is 1. The van der Waals surface area contributed by atoms with Crippen molar-refractivity contribution >= 4 is 28.5 Å². The Morgan fingerprint density at radius 3 is 2.37 bits per heavy atom. The van der Waals surface area contributed by atoms with E-state index in [9.17, 15) is 4.79 Å². The summed E-state index contributed by atoms with van der Waals surface area (Å²) >= 11 is 5.91. The lowest BCUT2D eigenvalue weighted by Gasteiger charge is -2.12. The summed E-state index contributed by atoms with van der Waals surface area (Å²) in [5.74, 6) is -0.0775. The predicted molar refractivity (Wildman–Crippen MR) is 71.6 cm³/mol. The van der Waals surface area contributed by atoms with Crippen LogP contribution >= 0.6 is 11.6 Å². The zero-order valence-corrected chi connectivity index (χ0v) is 11.4. The molecule has 2 aromatic rings. The lowest BCUT2D eigenvalue weighted by molar-refractivity contribution is 0.0696. The van der Waals surface area contributed by atoms with Crippen molar-refractivity contribution < 1.29 is 19.4 Å². The molecule has 0 saturated carbocycles. The number of rotatable bonds is 3. The smallest absolute Gasteiger partial charge is 0.339 e. The lowest BCUT2D eigenvalue weighted by Crippen LogP contribution is -2.04. The molecule has 2 rings (SSSR count). The van der Waals surface area contributed by atoms with Gasteiger partial charge in [0.05, 0.1) is 19.7 Å². The third-order valence-corrected chi connectivity index (χ3v) is 3.19. The largest absolute Gasteiger partial charge is 0.493 e. The average molecular weight is 282 g/mol. The number of halogens is 1. The van der Waals surface area contributed by atoms with E-state index in [1.54, 1.807) is 19.1 Å². The first-order chi connectivity index (χ1) is 8.99. The fourth-order valence-electron chi connectivity index (χ4n) is 1.96. The minimum Gasteiger partial charge on any atom is -0.493 e. The van der Waals surface area contributed by atoms with Gasteiger partial charge in [-0.2, -0.15) is 0 Å². The maximum absolute atomic E-state index is 11.2. The Hall–Kier alpha value is -2.01. The number of fused-ring (bicyclic) bond motifs is 1. The van der Waals surface area contributed by atoms with Gasteiger partial charge in [0.15, 0.2) is 11.5 Å². The van der Waals surface area contributed by atoms with Crippen molar-refractivity contribution in [2.75, 3.05) is 14.2 Å². The van der Waals surface area contributed by atoms with Gasteiger partial charge in [0.1, 0.15) is 10.7 Å². The number of carboxylic acid groups (broad SMARTS) is 1. The lowest BCUT2D eigenvalue weighted by atomic mass is 10.0. The van der Waals surface area contributed by atoms with Gasteiger partial charge in [0.2, 0.25) is 0 Å². The van der Waals surface area contributed by atoms with Crippen molar-refractivity contribution in [2.45, 2.75) is 6.92 Å². The summed E-state index contributed by atoms with van der Waals surface area (Å²) in [7, 11) is 3.03. The average Bonchev–Trinajstić information content (AvgIpc) is 2.36. The van der Waals surface area contributed by atoms with Crippen LogP contribution in [0.25, 0.3) is 10.9 Å². The van der Waals surface area contributed by atoms with Crippen LogP contribution in [0.1, 0.15) is 15.9 Å². The molecule has 5 nitrogen and oxygen atoms in total. The monoisotopic (exact) mass is 281 g/mol. The molecule has 1 aromatic heterocycles. The van der Waals surface area contributed by atoms with Crippen LogP contribution in [0.4, 0.5) is 0 Å². The van der Waals surface area contributed by atoms with E-state index in [4.69, 9.17) is 26.2 Å². The van der Waals surface area contributed by atoms with Crippen molar-refractivity contribution in [1.29, 1.82) is 0 Å². The molecule has 0 atom stereocenters. The molecule has 0 aliphatic carbocycles. The summed E-state index contributed by atoms with van der Waals surface area (Å²) < 4.78 is 10.4. The number of methoxy groups -OCH3 is 2. The molecule has 1 N–H and O–H groups in total. The molecule has 0 spiro atoms. The van der Waals surface area contributed by atoms with E-state index < -0.39 is 5.97 Å². The molecule has 0 aliphatic rings. The van der Waals surface area contributed by atoms with E-state index in [1.807, 2.05) is 0 Å². The summed E-state index contributed by atoms with van der Waals surface area (Å²) in [5, 5.41) is 9.78. The third kappa shape index (κ3) is 2.17. The highest BCUT2D eigenvalue weighted by Crippen LogP contribution is 2.35. The summed E-state index contributed by atoms with van der Waals surface area (Å²) in [6.45, 7) is 1.69. The number of hydrogen-bond donors (Lipinski definition) is 1. The number of ether oxygens (including phenoxy) is 2. The van der Waals surface area contributed by atoms with E-state index in [1.165, 1.54) is 14.2 Å². The topological polar surface area (TPSA) is 68.7 Å². The highest BCUT2D eigenvalue weighted by Gasteiger charge is 2.18. The van der Waals surface area contributed by atoms with E-state index in [0.717, 1.165) is 0 Å². The maximum atomic E-state index is 11.2. The third-order valence-electron chi connectivity index (χ3n) is 2.92. The summed E-state index contributed by atoms with van der Waals surface area (Å²) in [6.07, 6.45) is 0. The van der Waals surface area contributed by atoms with E-state index in [0.29, 0.717) is 28.0 Å². The first-order valence-corrected chi connectivity index (χ1v) is 5.82. The van der Waals surface area contributed by atoms with Crippen LogP contribution in [0.5, 0.6) is 11.5 Å². The number of aryl methyl sites for hydroxylation is 1. The molecule has 0 radical (unpaired) electrons. The Morgan fingerprint density at radius 1 is 1.26 bits per heavy atom. The molecule has 1 aromatic carbocycles. The molecule has 6 heteroatoms. The van der Waals surface area contributed by atoms with Crippen molar-refractivity contribution in [2.24, 2.45) is 0 Å². The summed E-state index contributed by atoms with van der Waals surface area (Å²) in [5.41, 5.74) is 1.11. The van der Waals surface area contributed by atoms with E-state index in [2.05, 4.69) is 4.98 Å². The Balaban J connectivity index is 2.85. The first-order valence-electron chi connectivity index (χ1n) is 5.44. The van der Waals surface area contributed by atoms with Gasteiger partial charge in [-0.1, -0.05) is 11.6 Å². The summed E-state index contributed by atoms with van der Waals surface area (Å²) in [4.78, 5) is 15.3. The second kappa shape index (κ2) is 4.93. The van der Waals surface area contributed by atoms with Crippen LogP contribution in [0, 0.1) is 6.92 Å². The molecule has 100 valence electrons. The SMILES string of the molecule is COc1cc2nc(Cl)c(C(=O)O)c(C)c2cc1OC. The molecular weight excluding hydrogens is 270 g/mol. The van der Waals surface area contributed by atoms with Crippen LogP contribution in [-0.4, -0.2) is 30.3 Å². The van der Waals surface area contributed by atoms with Crippen LogP contribution in [0.2, 0.25) is 5.15 Å². The zero-order chi connectivity index (χ0) is 14.2. The number of aromatic nitrogens is 1. The molecular formula is C13H12ClNO4. The number of nitrogens with zero attached hydrogens (tertiary/aromatic N) is 1. The molecule has 0 bridgehead atoms. The number of hydrogen-bond acceptors (Lipinski definition) is 4. The minimum atomic E-state index is -1.10. The molecule has 0 saturated heterocycles. The highest BCUT2D eigenvalue weighted by atomic mass is 35.5. The van der Waals surface area contributed by atoms with Crippen LogP contribution in [0.3, 0.4) is 0 Å². The van der Waals surface area contributed by atoms with Crippen LogP contribution in [-0.2, 0) is 0 Å². The van der Waals surface area contributed by atoms with Gasteiger partial charge in [-0.3, -0.25) is 0 Å². The standard InChI is InChI=1S/C13H12ClNO4/c1-6-7-4-9(18-2)10(19-3)5-8(7)15-12(14)11(6)13(16)17/h4-5H,1-3H3,(H,16,17). The van der Waals surface area contributed by atoms with E-state index >= 15 is 0 Å². The van der Waals surface area contributed by atoms with Crippen molar-refractivity contribution in [3.63, 3.8) is 0 Å². The van der Waals surface area contributed by atoms with Crippen molar-refractivity contribution in [3.8, 4) is 11.5 Å². The van der Waals surface area contributed by atoms with Gasteiger partial charge in [0, 0.05) is 11.5 Å². The molecule has 1 heterocycles. The Bertz CT molecular complexity index is 669. The minimum absolute atomic E-state index is 0.00128. The predicted octanol–water partition coefficient (Wildman–Crippen LogP) is 2.91. The van der Waals surface area contributed by atoms with Gasteiger partial charge >= 0.3 is 5.97 Å².